The molecule has 0 radical (unpaired) electrons. The van der Waals surface area contributed by atoms with Gasteiger partial charge in [-0.25, -0.2) is 0 Å². The van der Waals surface area contributed by atoms with Crippen molar-refractivity contribution in [2.75, 3.05) is 11.4 Å². The third-order valence-corrected chi connectivity index (χ3v) is 4.21. The average Bonchev–Trinajstić information content (AvgIpc) is 2.49. The van der Waals surface area contributed by atoms with Gasteiger partial charge in [-0.3, -0.25) is 9.59 Å². The molecule has 0 bridgehead atoms. The lowest BCUT2D eigenvalue weighted by atomic mass is 9.95. The molecule has 0 spiro atoms. The van der Waals surface area contributed by atoms with Crippen LogP contribution in [0, 0.1) is 6.92 Å². The number of nitrogens with zero attached hydrogens (tertiary/aromatic N) is 1. The fourth-order valence-corrected chi connectivity index (χ4v) is 3.06. The van der Waals surface area contributed by atoms with Crippen LogP contribution in [0.2, 0.25) is 0 Å². The molecule has 1 aromatic rings. The molecule has 1 aromatic carbocycles. The quantitative estimate of drug-likeness (QED) is 0.849. The Morgan fingerprint density at radius 2 is 1.95 bits per heavy atom. The van der Waals surface area contributed by atoms with Crippen molar-refractivity contribution in [3.8, 4) is 0 Å². The van der Waals surface area contributed by atoms with Gasteiger partial charge in [0, 0.05) is 18.3 Å². The highest BCUT2D eigenvalue weighted by atomic mass is 16.2. The summed E-state index contributed by atoms with van der Waals surface area (Å²) in [6.45, 7) is 4.50. The molecule has 0 aromatic heterocycles. The van der Waals surface area contributed by atoms with Gasteiger partial charge in [0.15, 0.2) is 0 Å². The number of carbonyl (C=O) groups is 2. The molecule has 4 nitrogen and oxygen atoms in total. The van der Waals surface area contributed by atoms with E-state index in [-0.39, 0.29) is 24.3 Å². The molecule has 0 heterocycles. The lowest BCUT2D eigenvalue weighted by molar-refractivity contribution is -0.128. The summed E-state index contributed by atoms with van der Waals surface area (Å²) < 4.78 is 0. The van der Waals surface area contributed by atoms with E-state index in [1.807, 2.05) is 38.1 Å². The van der Waals surface area contributed by atoms with E-state index < -0.39 is 0 Å². The third kappa shape index (κ3) is 4.58. The van der Waals surface area contributed by atoms with Gasteiger partial charge in [-0.1, -0.05) is 31.4 Å². The molecule has 0 aliphatic heterocycles. The maximum Gasteiger partial charge on any atom is 0.236 e. The highest BCUT2D eigenvalue weighted by Crippen LogP contribution is 2.18. The summed E-state index contributed by atoms with van der Waals surface area (Å²) in [6.07, 6.45) is 5.59. The number of nitrogens with one attached hydrogen (secondary N) is 1. The Kier molecular flexibility index (Phi) is 5.99. The highest BCUT2D eigenvalue weighted by molar-refractivity contribution is 6.05. The first-order valence-corrected chi connectivity index (χ1v) is 8.26. The van der Waals surface area contributed by atoms with Crippen molar-refractivity contribution < 1.29 is 9.59 Å². The lowest BCUT2D eigenvalue weighted by Gasteiger charge is -2.24. The molecule has 1 fully saturated rings. The monoisotopic (exact) mass is 302 g/mol. The van der Waals surface area contributed by atoms with Crippen molar-refractivity contribution in [3.05, 3.63) is 29.8 Å². The van der Waals surface area contributed by atoms with Gasteiger partial charge < -0.3 is 10.2 Å². The number of hydrogen-bond donors (Lipinski definition) is 1. The van der Waals surface area contributed by atoms with Gasteiger partial charge in [-0.15, -0.1) is 0 Å². The summed E-state index contributed by atoms with van der Waals surface area (Å²) in [6, 6.07) is 8.07. The standard InChI is InChI=1S/C18H26N2O2/c1-3-20(16-11-7-8-14(2)12-16)18(22)13-17(21)19-15-9-5-4-6-10-15/h7-8,11-12,15H,3-6,9-10,13H2,1-2H3,(H,19,21). The van der Waals surface area contributed by atoms with E-state index in [1.165, 1.54) is 19.3 Å². The Bertz CT molecular complexity index is 522. The van der Waals surface area contributed by atoms with Gasteiger partial charge in [0.1, 0.15) is 6.42 Å². The first-order chi connectivity index (χ1) is 10.6. The van der Waals surface area contributed by atoms with Crippen LogP contribution in [0.3, 0.4) is 0 Å². The van der Waals surface area contributed by atoms with Crippen LogP contribution in [-0.2, 0) is 9.59 Å². The van der Waals surface area contributed by atoms with Crippen LogP contribution in [0.5, 0.6) is 0 Å². The zero-order valence-electron chi connectivity index (χ0n) is 13.6. The molecule has 2 rings (SSSR count). The summed E-state index contributed by atoms with van der Waals surface area (Å²) in [7, 11) is 0. The van der Waals surface area contributed by atoms with E-state index >= 15 is 0 Å². The molecular formula is C18H26N2O2. The normalized spacial score (nSPS) is 15.4. The lowest BCUT2D eigenvalue weighted by Crippen LogP contribution is -2.40. The first kappa shape index (κ1) is 16.5. The molecule has 0 unspecified atom stereocenters. The van der Waals surface area contributed by atoms with Crippen LogP contribution in [0.25, 0.3) is 0 Å². The topological polar surface area (TPSA) is 49.4 Å². The second-order valence-corrected chi connectivity index (χ2v) is 6.06. The maximum atomic E-state index is 12.4. The van der Waals surface area contributed by atoms with Gasteiger partial charge in [0.25, 0.3) is 0 Å². The smallest absolute Gasteiger partial charge is 0.236 e. The average molecular weight is 302 g/mol. The van der Waals surface area contributed by atoms with Crippen molar-refractivity contribution in [1.29, 1.82) is 0 Å². The summed E-state index contributed by atoms with van der Waals surface area (Å²) >= 11 is 0. The number of carbonyl (C=O) groups excluding carboxylic acids is 2. The van der Waals surface area contributed by atoms with Crippen LogP contribution in [0.4, 0.5) is 5.69 Å². The molecule has 0 saturated heterocycles. The van der Waals surface area contributed by atoms with Crippen molar-refractivity contribution in [2.45, 2.75) is 58.4 Å². The van der Waals surface area contributed by atoms with E-state index in [9.17, 15) is 9.59 Å². The Labute approximate surface area is 132 Å². The number of rotatable bonds is 5. The molecule has 2 amide bonds. The molecule has 1 aliphatic carbocycles. The first-order valence-electron chi connectivity index (χ1n) is 8.26. The van der Waals surface area contributed by atoms with Crippen LogP contribution in [0.1, 0.15) is 51.0 Å². The minimum Gasteiger partial charge on any atom is -0.353 e. The van der Waals surface area contributed by atoms with E-state index in [1.54, 1.807) is 4.90 Å². The molecule has 4 heteroatoms. The van der Waals surface area contributed by atoms with Crippen LogP contribution in [0.15, 0.2) is 24.3 Å². The molecule has 0 atom stereocenters. The number of benzene rings is 1. The number of amides is 2. The summed E-state index contributed by atoms with van der Waals surface area (Å²) in [4.78, 5) is 26.2. The SMILES string of the molecule is CCN(C(=O)CC(=O)NC1CCCCC1)c1cccc(C)c1. The number of anilines is 1. The fourth-order valence-electron chi connectivity index (χ4n) is 3.06. The molecule has 22 heavy (non-hydrogen) atoms. The van der Waals surface area contributed by atoms with Gasteiger partial charge in [0.05, 0.1) is 0 Å². The molecule has 1 saturated carbocycles. The van der Waals surface area contributed by atoms with Crippen molar-refractivity contribution in [1.82, 2.24) is 5.32 Å². The van der Waals surface area contributed by atoms with Gasteiger partial charge in [-0.05, 0) is 44.4 Å². The molecule has 1 aliphatic rings. The maximum absolute atomic E-state index is 12.4. The van der Waals surface area contributed by atoms with Crippen LogP contribution in [-0.4, -0.2) is 24.4 Å². The zero-order valence-corrected chi connectivity index (χ0v) is 13.6. The largest absolute Gasteiger partial charge is 0.353 e. The van der Waals surface area contributed by atoms with Crippen molar-refractivity contribution in [3.63, 3.8) is 0 Å². The second kappa shape index (κ2) is 7.97. The van der Waals surface area contributed by atoms with Crippen LogP contribution >= 0.6 is 0 Å². The van der Waals surface area contributed by atoms with Gasteiger partial charge >= 0.3 is 0 Å². The van der Waals surface area contributed by atoms with Crippen molar-refractivity contribution >= 4 is 17.5 Å². The Hall–Kier alpha value is -1.84. The van der Waals surface area contributed by atoms with E-state index in [0.717, 1.165) is 24.1 Å². The van der Waals surface area contributed by atoms with Crippen LogP contribution < -0.4 is 10.2 Å². The predicted molar refractivity (Wildman–Crippen MR) is 88.8 cm³/mol. The number of hydrogen-bond acceptors (Lipinski definition) is 2. The second-order valence-electron chi connectivity index (χ2n) is 6.06. The molecule has 1 N–H and O–H groups in total. The Morgan fingerprint density at radius 3 is 2.59 bits per heavy atom. The number of aryl methyl sites for hydroxylation is 1. The summed E-state index contributed by atoms with van der Waals surface area (Å²) in [5, 5.41) is 3.01. The van der Waals surface area contributed by atoms with Gasteiger partial charge in [0.2, 0.25) is 11.8 Å². The summed E-state index contributed by atoms with van der Waals surface area (Å²) in [5.41, 5.74) is 1.97. The minimum atomic E-state index is -0.150. The minimum absolute atomic E-state index is 0.0711. The van der Waals surface area contributed by atoms with E-state index in [4.69, 9.17) is 0 Å². The van der Waals surface area contributed by atoms with Gasteiger partial charge in [-0.2, -0.15) is 0 Å². The zero-order chi connectivity index (χ0) is 15.9. The predicted octanol–water partition coefficient (Wildman–Crippen LogP) is 3.19. The molecular weight excluding hydrogens is 276 g/mol. The third-order valence-electron chi connectivity index (χ3n) is 4.21. The van der Waals surface area contributed by atoms with Crippen molar-refractivity contribution in [2.24, 2.45) is 0 Å². The Balaban J connectivity index is 1.92. The fraction of sp³-hybridized carbons (Fsp3) is 0.556. The summed E-state index contributed by atoms with van der Waals surface area (Å²) in [5.74, 6) is -0.288. The van der Waals surface area contributed by atoms with E-state index in [2.05, 4.69) is 5.32 Å². The van der Waals surface area contributed by atoms with E-state index in [0.29, 0.717) is 6.54 Å². The molecule has 120 valence electrons. The highest BCUT2D eigenvalue weighted by Gasteiger charge is 2.20. The Morgan fingerprint density at radius 1 is 1.23 bits per heavy atom.